The van der Waals surface area contributed by atoms with Gasteiger partial charge in [0.2, 0.25) is 0 Å². The summed E-state index contributed by atoms with van der Waals surface area (Å²) in [5.41, 5.74) is 4.90. The standard InChI is InChI=1S/C13H18BrF3N2/c1-12(2,7-18)8-19(3)11-6-9(14)4-5-10(11)13(15,16)17/h4-6H,7-8,18H2,1-3H3. The van der Waals surface area contributed by atoms with Crippen molar-refractivity contribution in [2.24, 2.45) is 11.1 Å². The molecule has 0 saturated heterocycles. The van der Waals surface area contributed by atoms with Gasteiger partial charge >= 0.3 is 6.18 Å². The van der Waals surface area contributed by atoms with Gasteiger partial charge in [-0.2, -0.15) is 13.2 Å². The molecule has 1 aromatic rings. The van der Waals surface area contributed by atoms with Gasteiger partial charge < -0.3 is 10.6 Å². The normalized spacial score (nSPS) is 12.6. The van der Waals surface area contributed by atoms with Crippen LogP contribution in [0.25, 0.3) is 0 Å². The Bertz CT molecular complexity index is 444. The third-order valence-corrected chi connectivity index (χ3v) is 3.39. The lowest BCUT2D eigenvalue weighted by molar-refractivity contribution is -0.137. The molecule has 0 atom stereocenters. The van der Waals surface area contributed by atoms with Gasteiger partial charge in [-0.15, -0.1) is 0 Å². The van der Waals surface area contributed by atoms with Gasteiger partial charge in [0.1, 0.15) is 0 Å². The molecule has 0 radical (unpaired) electrons. The molecule has 2 N–H and O–H groups in total. The summed E-state index contributed by atoms with van der Waals surface area (Å²) in [7, 11) is 1.65. The molecule has 0 aliphatic carbocycles. The van der Waals surface area contributed by atoms with Crippen LogP contribution in [0.3, 0.4) is 0 Å². The summed E-state index contributed by atoms with van der Waals surface area (Å²) in [6, 6.07) is 3.97. The maximum atomic E-state index is 13.0. The minimum atomic E-state index is -4.36. The molecule has 0 saturated carbocycles. The van der Waals surface area contributed by atoms with E-state index >= 15 is 0 Å². The van der Waals surface area contributed by atoms with Crippen LogP contribution < -0.4 is 10.6 Å². The lowest BCUT2D eigenvalue weighted by Gasteiger charge is -2.32. The van der Waals surface area contributed by atoms with Crippen LogP contribution in [0.15, 0.2) is 22.7 Å². The van der Waals surface area contributed by atoms with E-state index in [1.807, 2.05) is 13.8 Å². The molecule has 2 nitrogen and oxygen atoms in total. The fourth-order valence-corrected chi connectivity index (χ4v) is 2.20. The van der Waals surface area contributed by atoms with Crippen molar-refractivity contribution in [2.45, 2.75) is 20.0 Å². The van der Waals surface area contributed by atoms with Gasteiger partial charge in [-0.3, -0.25) is 0 Å². The van der Waals surface area contributed by atoms with Gasteiger partial charge in [0, 0.05) is 23.8 Å². The fraction of sp³-hybridized carbons (Fsp3) is 0.538. The highest BCUT2D eigenvalue weighted by atomic mass is 79.9. The summed E-state index contributed by atoms with van der Waals surface area (Å²) in [6.45, 7) is 4.71. The van der Waals surface area contributed by atoms with E-state index in [-0.39, 0.29) is 11.1 Å². The zero-order valence-electron chi connectivity index (χ0n) is 11.2. The average molecular weight is 339 g/mol. The van der Waals surface area contributed by atoms with Crippen LogP contribution >= 0.6 is 15.9 Å². The first kappa shape index (κ1) is 16.3. The number of nitrogens with two attached hydrogens (primary N) is 1. The van der Waals surface area contributed by atoms with Crippen molar-refractivity contribution >= 4 is 21.6 Å². The molecule has 0 bridgehead atoms. The van der Waals surface area contributed by atoms with Crippen molar-refractivity contribution in [3.63, 3.8) is 0 Å². The Morgan fingerprint density at radius 3 is 2.32 bits per heavy atom. The molecule has 0 heterocycles. The maximum Gasteiger partial charge on any atom is 0.418 e. The summed E-state index contributed by atoms with van der Waals surface area (Å²) in [6.07, 6.45) is -4.36. The second-order valence-corrected chi connectivity index (χ2v) is 6.30. The largest absolute Gasteiger partial charge is 0.418 e. The number of benzene rings is 1. The minimum absolute atomic E-state index is 0.156. The lowest BCUT2D eigenvalue weighted by atomic mass is 9.93. The molecule has 0 aliphatic rings. The molecule has 6 heteroatoms. The zero-order chi connectivity index (χ0) is 14.8. The number of hydrogen-bond acceptors (Lipinski definition) is 2. The van der Waals surface area contributed by atoms with E-state index in [1.54, 1.807) is 11.9 Å². The highest BCUT2D eigenvalue weighted by Crippen LogP contribution is 2.38. The molecule has 0 unspecified atom stereocenters. The van der Waals surface area contributed by atoms with Crippen molar-refractivity contribution in [1.29, 1.82) is 0 Å². The maximum absolute atomic E-state index is 13.0. The van der Waals surface area contributed by atoms with E-state index in [0.717, 1.165) is 6.07 Å². The Kier molecular flexibility index (Phi) is 4.90. The van der Waals surface area contributed by atoms with Crippen LogP contribution in [-0.4, -0.2) is 20.1 Å². The van der Waals surface area contributed by atoms with Crippen molar-refractivity contribution in [3.8, 4) is 0 Å². The predicted octanol–water partition coefficient (Wildman–Crippen LogP) is 3.89. The highest BCUT2D eigenvalue weighted by Gasteiger charge is 2.35. The summed E-state index contributed by atoms with van der Waals surface area (Å²) < 4.78 is 39.6. The van der Waals surface area contributed by atoms with E-state index in [9.17, 15) is 13.2 Å². The van der Waals surface area contributed by atoms with Crippen molar-refractivity contribution in [3.05, 3.63) is 28.2 Å². The molecule has 1 rings (SSSR count). The molecule has 0 spiro atoms. The molecule has 0 fully saturated rings. The molecule has 19 heavy (non-hydrogen) atoms. The highest BCUT2D eigenvalue weighted by molar-refractivity contribution is 9.10. The van der Waals surface area contributed by atoms with Gasteiger partial charge in [-0.25, -0.2) is 0 Å². The van der Waals surface area contributed by atoms with Gasteiger partial charge in [0.25, 0.3) is 0 Å². The Morgan fingerprint density at radius 2 is 1.84 bits per heavy atom. The molecule has 0 amide bonds. The van der Waals surface area contributed by atoms with E-state index in [0.29, 0.717) is 17.6 Å². The van der Waals surface area contributed by atoms with Gasteiger partial charge in [-0.05, 0) is 30.2 Å². The molecule has 1 aromatic carbocycles. The first-order valence-corrected chi connectivity index (χ1v) is 6.64. The second kappa shape index (κ2) is 5.71. The van der Waals surface area contributed by atoms with Gasteiger partial charge in [-0.1, -0.05) is 29.8 Å². The van der Waals surface area contributed by atoms with Crippen molar-refractivity contribution < 1.29 is 13.2 Å². The minimum Gasteiger partial charge on any atom is -0.373 e. The van der Waals surface area contributed by atoms with E-state index in [2.05, 4.69) is 15.9 Å². The average Bonchev–Trinajstić information content (AvgIpc) is 2.26. The van der Waals surface area contributed by atoms with Crippen LogP contribution in [0.5, 0.6) is 0 Å². The number of nitrogens with zero attached hydrogens (tertiary/aromatic N) is 1. The second-order valence-electron chi connectivity index (χ2n) is 5.38. The van der Waals surface area contributed by atoms with E-state index in [4.69, 9.17) is 5.73 Å². The zero-order valence-corrected chi connectivity index (χ0v) is 12.8. The van der Waals surface area contributed by atoms with Crippen LogP contribution in [-0.2, 0) is 6.18 Å². The van der Waals surface area contributed by atoms with Gasteiger partial charge in [0.15, 0.2) is 0 Å². The van der Waals surface area contributed by atoms with Crippen molar-refractivity contribution in [1.82, 2.24) is 0 Å². The topological polar surface area (TPSA) is 29.3 Å². The molecular formula is C13H18BrF3N2. The van der Waals surface area contributed by atoms with Crippen LogP contribution in [0.2, 0.25) is 0 Å². The summed E-state index contributed by atoms with van der Waals surface area (Å²) in [5, 5.41) is 0. The van der Waals surface area contributed by atoms with Crippen LogP contribution in [0.4, 0.5) is 18.9 Å². The SMILES string of the molecule is CN(CC(C)(C)CN)c1cc(Br)ccc1C(F)(F)F. The van der Waals surface area contributed by atoms with E-state index < -0.39 is 11.7 Å². The quantitative estimate of drug-likeness (QED) is 0.902. The van der Waals surface area contributed by atoms with Crippen molar-refractivity contribution in [2.75, 3.05) is 25.0 Å². The number of anilines is 1. The lowest BCUT2D eigenvalue weighted by Crippen LogP contribution is -2.37. The Hall–Kier alpha value is -0.750. The molecule has 0 aliphatic heterocycles. The Morgan fingerprint density at radius 1 is 1.26 bits per heavy atom. The molecule has 0 aromatic heterocycles. The molecular weight excluding hydrogens is 321 g/mol. The van der Waals surface area contributed by atoms with Crippen LogP contribution in [0, 0.1) is 5.41 Å². The molecule has 108 valence electrons. The number of halogens is 4. The Balaban J connectivity index is 3.14. The summed E-state index contributed by atoms with van der Waals surface area (Å²) in [4.78, 5) is 1.60. The van der Waals surface area contributed by atoms with Crippen LogP contribution in [0.1, 0.15) is 19.4 Å². The van der Waals surface area contributed by atoms with E-state index in [1.165, 1.54) is 12.1 Å². The number of rotatable bonds is 4. The number of alkyl halides is 3. The predicted molar refractivity (Wildman–Crippen MR) is 75.2 cm³/mol. The van der Waals surface area contributed by atoms with Gasteiger partial charge in [0.05, 0.1) is 5.56 Å². The summed E-state index contributed by atoms with van der Waals surface area (Å²) in [5.74, 6) is 0. The monoisotopic (exact) mass is 338 g/mol. The first-order valence-electron chi connectivity index (χ1n) is 5.85. The smallest absolute Gasteiger partial charge is 0.373 e. The number of hydrogen-bond donors (Lipinski definition) is 1. The fourth-order valence-electron chi connectivity index (χ4n) is 1.85. The third-order valence-electron chi connectivity index (χ3n) is 2.89. The third kappa shape index (κ3) is 4.38. The first-order chi connectivity index (χ1) is 8.57. The Labute approximate surface area is 119 Å². The summed E-state index contributed by atoms with van der Waals surface area (Å²) >= 11 is 3.21.